The van der Waals surface area contributed by atoms with E-state index in [9.17, 15) is 19.5 Å². The Kier molecular flexibility index (Phi) is 8.43. The number of methoxy groups -OCH3 is 3. The first-order valence-electron chi connectivity index (χ1n) is 12.4. The number of hydrogen-bond donors (Lipinski definition) is 1. The fourth-order valence-corrected chi connectivity index (χ4v) is 5.36. The van der Waals surface area contributed by atoms with Crippen LogP contribution in [0.2, 0.25) is 0 Å². The lowest BCUT2D eigenvalue weighted by molar-refractivity contribution is -0.132. The van der Waals surface area contributed by atoms with Crippen molar-refractivity contribution in [1.82, 2.24) is 4.98 Å². The molecule has 1 unspecified atom stereocenters. The number of anilines is 1. The minimum atomic E-state index is -1.14. The maximum absolute atomic E-state index is 13.5. The molecule has 1 aliphatic heterocycles. The number of aryl methyl sites for hydroxylation is 1. The molecule has 1 aromatic heterocycles. The number of aromatic nitrogens is 1. The van der Waals surface area contributed by atoms with Crippen LogP contribution in [0.25, 0.3) is 5.76 Å². The minimum absolute atomic E-state index is 0.0892. The van der Waals surface area contributed by atoms with Gasteiger partial charge in [-0.25, -0.2) is 9.78 Å². The third-order valence-electron chi connectivity index (χ3n) is 6.25. The largest absolute Gasteiger partial charge is 0.507 e. The zero-order chi connectivity index (χ0) is 29.1. The van der Waals surface area contributed by atoms with Crippen LogP contribution >= 0.6 is 11.3 Å². The van der Waals surface area contributed by atoms with Gasteiger partial charge in [0.15, 0.2) is 16.6 Å². The fraction of sp³-hybridized carbons (Fsp3) is 0.310. The molecule has 0 bridgehead atoms. The molecule has 0 spiro atoms. The van der Waals surface area contributed by atoms with Crippen molar-refractivity contribution in [2.24, 2.45) is 5.92 Å². The molecule has 3 aromatic rings. The molecule has 0 aliphatic carbocycles. The summed E-state index contributed by atoms with van der Waals surface area (Å²) in [4.78, 5) is 45.1. The Morgan fingerprint density at radius 3 is 2.38 bits per heavy atom. The van der Waals surface area contributed by atoms with E-state index in [1.807, 2.05) is 13.8 Å². The number of benzene rings is 2. The van der Waals surface area contributed by atoms with E-state index in [0.717, 1.165) is 16.2 Å². The predicted molar refractivity (Wildman–Crippen MR) is 149 cm³/mol. The summed E-state index contributed by atoms with van der Waals surface area (Å²) in [6, 6.07) is 10.5. The van der Waals surface area contributed by atoms with E-state index in [1.165, 1.54) is 21.3 Å². The Bertz CT molecular complexity index is 1480. The zero-order valence-electron chi connectivity index (χ0n) is 23.0. The molecule has 1 saturated heterocycles. The van der Waals surface area contributed by atoms with E-state index in [1.54, 1.807) is 49.4 Å². The third-order valence-corrected chi connectivity index (χ3v) is 7.38. The Balaban J connectivity index is 1.91. The maximum Gasteiger partial charge on any atom is 0.350 e. The summed E-state index contributed by atoms with van der Waals surface area (Å²) in [5.74, 6) is -1.27. The number of carbonyl (C=O) groups excluding carboxylic acids is 3. The number of esters is 1. The van der Waals surface area contributed by atoms with Gasteiger partial charge in [-0.05, 0) is 43.2 Å². The lowest BCUT2D eigenvalue weighted by Gasteiger charge is -2.25. The number of rotatable bonds is 9. The Labute approximate surface area is 235 Å². The smallest absolute Gasteiger partial charge is 0.350 e. The van der Waals surface area contributed by atoms with E-state index in [4.69, 9.17) is 18.9 Å². The number of aliphatic hydroxyl groups excluding tert-OH is 1. The molecule has 0 radical (unpaired) electrons. The molecule has 40 heavy (non-hydrogen) atoms. The Morgan fingerprint density at radius 2 is 1.77 bits per heavy atom. The van der Waals surface area contributed by atoms with Gasteiger partial charge in [-0.3, -0.25) is 14.5 Å². The first-order valence-corrected chi connectivity index (χ1v) is 13.2. The van der Waals surface area contributed by atoms with Crippen LogP contribution in [-0.4, -0.2) is 55.7 Å². The fourth-order valence-electron chi connectivity index (χ4n) is 4.35. The third kappa shape index (κ3) is 5.24. The standard InChI is InChI=1S/C29H30N2O8S/c1-15(2)14-39-18-12-10-17(11-13-18)23(32)21-22(19-8-7-9-20(36-4)25(19)37-5)31(27(34)24(21)33)29-30-16(3)26(40-29)28(35)38-6/h7-13,15,22,32H,14H2,1-6H3/b23-21+. The molecular weight excluding hydrogens is 536 g/mol. The van der Waals surface area contributed by atoms with Crippen LogP contribution in [0.1, 0.15) is 46.4 Å². The van der Waals surface area contributed by atoms with Crippen molar-refractivity contribution in [3.05, 3.63) is 69.7 Å². The van der Waals surface area contributed by atoms with Gasteiger partial charge < -0.3 is 24.1 Å². The number of hydrogen-bond acceptors (Lipinski definition) is 10. The quantitative estimate of drug-likeness (QED) is 0.166. The number of aliphatic hydroxyl groups is 1. The average Bonchev–Trinajstić information content (AvgIpc) is 3.46. The molecule has 11 heteroatoms. The average molecular weight is 567 g/mol. The number of ether oxygens (including phenoxy) is 4. The highest BCUT2D eigenvalue weighted by atomic mass is 32.1. The monoisotopic (exact) mass is 566 g/mol. The number of carbonyl (C=O) groups is 3. The van der Waals surface area contributed by atoms with Gasteiger partial charge in [0, 0.05) is 11.1 Å². The first-order chi connectivity index (χ1) is 19.1. The van der Waals surface area contributed by atoms with E-state index in [2.05, 4.69) is 4.98 Å². The number of para-hydroxylation sites is 1. The summed E-state index contributed by atoms with van der Waals surface area (Å²) in [7, 11) is 4.15. The number of Topliss-reactive ketones (excluding diaryl/α,β-unsaturated/α-hetero) is 1. The highest BCUT2D eigenvalue weighted by Crippen LogP contribution is 2.48. The zero-order valence-corrected chi connectivity index (χ0v) is 23.8. The van der Waals surface area contributed by atoms with Crippen molar-refractivity contribution in [3.63, 3.8) is 0 Å². The molecule has 0 saturated carbocycles. The molecule has 4 rings (SSSR count). The van der Waals surface area contributed by atoms with E-state index < -0.39 is 23.7 Å². The molecule has 1 aliphatic rings. The molecule has 1 fully saturated rings. The van der Waals surface area contributed by atoms with Crippen molar-refractivity contribution in [2.45, 2.75) is 26.8 Å². The topological polar surface area (TPSA) is 124 Å². The molecule has 10 nitrogen and oxygen atoms in total. The minimum Gasteiger partial charge on any atom is -0.507 e. The van der Waals surface area contributed by atoms with Crippen LogP contribution in [0.15, 0.2) is 48.0 Å². The van der Waals surface area contributed by atoms with Gasteiger partial charge in [-0.1, -0.05) is 37.3 Å². The molecule has 210 valence electrons. The van der Waals surface area contributed by atoms with Gasteiger partial charge in [0.05, 0.1) is 39.2 Å². The van der Waals surface area contributed by atoms with E-state index in [-0.39, 0.29) is 27.1 Å². The first kappa shape index (κ1) is 28.6. The predicted octanol–water partition coefficient (Wildman–Crippen LogP) is 4.92. The van der Waals surface area contributed by atoms with Crippen molar-refractivity contribution >= 4 is 39.9 Å². The summed E-state index contributed by atoms with van der Waals surface area (Å²) in [6.45, 7) is 6.19. The molecular formula is C29H30N2O8S. The summed E-state index contributed by atoms with van der Waals surface area (Å²) in [5.41, 5.74) is 0.862. The molecule has 1 amide bonds. The summed E-state index contributed by atoms with van der Waals surface area (Å²) in [6.07, 6.45) is 0. The summed E-state index contributed by atoms with van der Waals surface area (Å²) >= 11 is 0.911. The van der Waals surface area contributed by atoms with Crippen LogP contribution in [0.5, 0.6) is 17.2 Å². The summed E-state index contributed by atoms with van der Waals surface area (Å²) < 4.78 is 21.7. The second-order valence-electron chi connectivity index (χ2n) is 9.38. The summed E-state index contributed by atoms with van der Waals surface area (Å²) in [5, 5.41) is 11.6. The van der Waals surface area contributed by atoms with Gasteiger partial charge in [0.2, 0.25) is 0 Å². The lowest BCUT2D eigenvalue weighted by atomic mass is 9.94. The van der Waals surface area contributed by atoms with Crippen molar-refractivity contribution in [3.8, 4) is 17.2 Å². The number of nitrogens with zero attached hydrogens (tertiary/aromatic N) is 2. The van der Waals surface area contributed by atoms with Crippen molar-refractivity contribution in [2.75, 3.05) is 32.8 Å². The Morgan fingerprint density at radius 1 is 1.07 bits per heavy atom. The van der Waals surface area contributed by atoms with E-state index in [0.29, 0.717) is 40.8 Å². The van der Waals surface area contributed by atoms with Gasteiger partial charge in [0.25, 0.3) is 5.78 Å². The van der Waals surface area contributed by atoms with Crippen LogP contribution in [0.4, 0.5) is 5.13 Å². The second kappa shape index (κ2) is 11.8. The second-order valence-corrected chi connectivity index (χ2v) is 10.4. The van der Waals surface area contributed by atoms with Gasteiger partial charge >= 0.3 is 11.9 Å². The van der Waals surface area contributed by atoms with Gasteiger partial charge in [-0.2, -0.15) is 0 Å². The number of thiazole rings is 1. The maximum atomic E-state index is 13.5. The number of amides is 1. The molecule has 2 aromatic carbocycles. The Hall–Kier alpha value is -4.38. The lowest BCUT2D eigenvalue weighted by Crippen LogP contribution is -2.29. The van der Waals surface area contributed by atoms with Crippen LogP contribution in [0, 0.1) is 12.8 Å². The van der Waals surface area contributed by atoms with Gasteiger partial charge in [0.1, 0.15) is 22.4 Å². The number of ketones is 1. The van der Waals surface area contributed by atoms with Crippen LogP contribution < -0.4 is 19.1 Å². The highest BCUT2D eigenvalue weighted by molar-refractivity contribution is 7.17. The van der Waals surface area contributed by atoms with Crippen LogP contribution in [-0.2, 0) is 14.3 Å². The molecule has 2 heterocycles. The van der Waals surface area contributed by atoms with Crippen molar-refractivity contribution in [1.29, 1.82) is 0 Å². The van der Waals surface area contributed by atoms with Gasteiger partial charge in [-0.15, -0.1) is 0 Å². The van der Waals surface area contributed by atoms with Crippen molar-refractivity contribution < 1.29 is 38.4 Å². The van der Waals surface area contributed by atoms with E-state index >= 15 is 0 Å². The molecule has 1 N–H and O–H groups in total. The SMILES string of the molecule is COC(=O)c1sc(N2C(=O)C(=O)/C(=C(/O)c3ccc(OCC(C)C)cc3)C2c2cccc(OC)c2OC)nc1C. The molecule has 1 atom stereocenters. The van der Waals surface area contributed by atoms with Crippen LogP contribution in [0.3, 0.4) is 0 Å². The normalized spacial score (nSPS) is 16.4. The highest BCUT2D eigenvalue weighted by Gasteiger charge is 2.49.